The van der Waals surface area contributed by atoms with Crippen molar-refractivity contribution in [1.29, 1.82) is 0 Å². The van der Waals surface area contributed by atoms with E-state index in [-0.39, 0.29) is 28.1 Å². The van der Waals surface area contributed by atoms with Crippen molar-refractivity contribution >= 4 is 40.6 Å². The molecule has 2 N–H and O–H groups in total. The van der Waals surface area contributed by atoms with E-state index in [9.17, 15) is 14.9 Å². The number of amides is 1. The molecule has 0 aliphatic carbocycles. The molecule has 0 atom stereocenters. The van der Waals surface area contributed by atoms with E-state index in [4.69, 9.17) is 16.7 Å². The highest BCUT2D eigenvalue weighted by Gasteiger charge is 2.11. The number of nitro groups is 1. The molecule has 114 valence electrons. The molecule has 6 nitrogen and oxygen atoms in total. The molecule has 0 aliphatic heterocycles. The number of nitrogens with one attached hydrogen (secondary N) is 1. The molecule has 0 saturated heterocycles. The molecule has 0 bridgehead atoms. The van der Waals surface area contributed by atoms with Gasteiger partial charge in [0.1, 0.15) is 5.75 Å². The van der Waals surface area contributed by atoms with Gasteiger partial charge in [-0.25, -0.2) is 0 Å². The molecule has 22 heavy (non-hydrogen) atoms. The molecule has 1 amide bonds. The first-order valence-corrected chi connectivity index (χ1v) is 7.47. The highest BCUT2D eigenvalue weighted by atomic mass is 35.5. The number of benzene rings is 2. The maximum atomic E-state index is 11.8. The van der Waals surface area contributed by atoms with Crippen LogP contribution in [-0.4, -0.2) is 21.7 Å². The molecular weight excluding hydrogens is 328 g/mol. The van der Waals surface area contributed by atoms with E-state index in [1.807, 2.05) is 0 Å². The first-order valence-electron chi connectivity index (χ1n) is 6.11. The Balaban J connectivity index is 1.94. The lowest BCUT2D eigenvalue weighted by Crippen LogP contribution is -2.14. The number of nitrogens with zero attached hydrogens (tertiary/aromatic N) is 1. The largest absolute Gasteiger partial charge is 0.508 e. The summed E-state index contributed by atoms with van der Waals surface area (Å²) >= 11 is 7.19. The number of carbonyl (C=O) groups excluding carboxylic acids is 1. The maximum absolute atomic E-state index is 11.8. The number of nitro benzene ring substituents is 1. The zero-order valence-corrected chi connectivity index (χ0v) is 12.7. The minimum absolute atomic E-state index is 0.109. The molecule has 0 saturated carbocycles. The maximum Gasteiger partial charge on any atom is 0.271 e. The van der Waals surface area contributed by atoms with E-state index in [0.29, 0.717) is 5.69 Å². The monoisotopic (exact) mass is 338 g/mol. The van der Waals surface area contributed by atoms with Crippen LogP contribution >= 0.6 is 23.4 Å². The van der Waals surface area contributed by atoms with E-state index >= 15 is 0 Å². The topological polar surface area (TPSA) is 92.5 Å². The minimum Gasteiger partial charge on any atom is -0.508 e. The molecule has 0 heterocycles. The molecule has 2 aromatic rings. The van der Waals surface area contributed by atoms with E-state index in [0.717, 1.165) is 4.90 Å². The summed E-state index contributed by atoms with van der Waals surface area (Å²) in [6.45, 7) is 0. The van der Waals surface area contributed by atoms with E-state index in [2.05, 4.69) is 5.32 Å². The predicted octanol–water partition coefficient (Wildman–Crippen LogP) is 3.68. The van der Waals surface area contributed by atoms with Crippen LogP contribution in [0.2, 0.25) is 5.02 Å². The Morgan fingerprint density at radius 1 is 1.27 bits per heavy atom. The van der Waals surface area contributed by atoms with Crippen LogP contribution < -0.4 is 5.32 Å². The number of carbonyl (C=O) groups is 1. The van der Waals surface area contributed by atoms with Gasteiger partial charge in [0.15, 0.2) is 0 Å². The SMILES string of the molecule is O=C(CSc1ccc(O)cc1)Nc1ccc([N+](=O)[O-])cc1Cl. The fourth-order valence-electron chi connectivity index (χ4n) is 1.60. The standard InChI is InChI=1S/C14H11ClN2O4S/c15-12-7-9(17(20)21)1-6-13(12)16-14(19)8-22-11-4-2-10(18)3-5-11/h1-7,18H,8H2,(H,16,19). The Morgan fingerprint density at radius 3 is 2.55 bits per heavy atom. The normalized spacial score (nSPS) is 10.2. The van der Waals surface area contributed by atoms with Crippen molar-refractivity contribution in [2.45, 2.75) is 4.90 Å². The number of phenolic OH excluding ortho intramolecular Hbond substituents is 1. The van der Waals surface area contributed by atoms with Gasteiger partial charge in [-0.1, -0.05) is 11.6 Å². The number of phenols is 1. The number of anilines is 1. The van der Waals surface area contributed by atoms with E-state index in [1.165, 1.54) is 42.1 Å². The van der Waals surface area contributed by atoms with Crippen LogP contribution in [-0.2, 0) is 4.79 Å². The summed E-state index contributed by atoms with van der Waals surface area (Å²) in [6, 6.07) is 10.3. The van der Waals surface area contributed by atoms with Crippen molar-refractivity contribution in [1.82, 2.24) is 0 Å². The second-order valence-electron chi connectivity index (χ2n) is 4.25. The Kier molecular flexibility index (Phi) is 5.24. The summed E-state index contributed by atoms with van der Waals surface area (Å²) in [5.74, 6) is 0.0262. The number of hydrogen-bond donors (Lipinski definition) is 2. The molecule has 2 aromatic carbocycles. The van der Waals surface area contributed by atoms with Crippen molar-refractivity contribution in [2.75, 3.05) is 11.1 Å². The lowest BCUT2D eigenvalue weighted by molar-refractivity contribution is -0.384. The van der Waals surface area contributed by atoms with Gasteiger partial charge in [-0.15, -0.1) is 11.8 Å². The zero-order chi connectivity index (χ0) is 16.1. The molecule has 8 heteroatoms. The highest BCUT2D eigenvalue weighted by Crippen LogP contribution is 2.27. The summed E-state index contributed by atoms with van der Waals surface area (Å²) in [5.41, 5.74) is 0.185. The van der Waals surface area contributed by atoms with Crippen LogP contribution in [0.15, 0.2) is 47.4 Å². The fourth-order valence-corrected chi connectivity index (χ4v) is 2.52. The summed E-state index contributed by atoms with van der Waals surface area (Å²) in [6.07, 6.45) is 0. The smallest absolute Gasteiger partial charge is 0.271 e. The van der Waals surface area contributed by atoms with Crippen molar-refractivity contribution in [3.8, 4) is 5.75 Å². The first-order chi connectivity index (χ1) is 10.5. The minimum atomic E-state index is -0.557. The molecular formula is C14H11ClN2O4S. The first kappa shape index (κ1) is 16.1. The van der Waals surface area contributed by atoms with Crippen molar-refractivity contribution in [3.05, 3.63) is 57.6 Å². The molecule has 0 radical (unpaired) electrons. The van der Waals surface area contributed by atoms with E-state index < -0.39 is 4.92 Å². The van der Waals surface area contributed by atoms with Crippen LogP contribution in [0.1, 0.15) is 0 Å². The molecule has 0 unspecified atom stereocenters. The molecule has 0 aromatic heterocycles. The Hall–Kier alpha value is -2.25. The quantitative estimate of drug-likeness (QED) is 0.493. The third kappa shape index (κ3) is 4.37. The van der Waals surface area contributed by atoms with Gasteiger partial charge in [0.05, 0.1) is 21.4 Å². The second-order valence-corrected chi connectivity index (χ2v) is 5.71. The summed E-state index contributed by atoms with van der Waals surface area (Å²) < 4.78 is 0. The van der Waals surface area contributed by atoms with Gasteiger partial charge in [-0.3, -0.25) is 14.9 Å². The Labute approximate surface area is 135 Å². The fraction of sp³-hybridized carbons (Fsp3) is 0.0714. The van der Waals surface area contributed by atoms with Crippen LogP contribution in [0.5, 0.6) is 5.75 Å². The number of rotatable bonds is 5. The highest BCUT2D eigenvalue weighted by molar-refractivity contribution is 8.00. The Morgan fingerprint density at radius 2 is 1.95 bits per heavy atom. The number of halogens is 1. The molecule has 0 spiro atoms. The van der Waals surface area contributed by atoms with Gasteiger partial charge in [-0.2, -0.15) is 0 Å². The number of aromatic hydroxyl groups is 1. The van der Waals surface area contributed by atoms with Crippen LogP contribution in [0.4, 0.5) is 11.4 Å². The van der Waals surface area contributed by atoms with Crippen LogP contribution in [0.25, 0.3) is 0 Å². The van der Waals surface area contributed by atoms with Gasteiger partial charge in [0, 0.05) is 17.0 Å². The molecule has 0 fully saturated rings. The average molecular weight is 339 g/mol. The van der Waals surface area contributed by atoms with Gasteiger partial charge < -0.3 is 10.4 Å². The van der Waals surface area contributed by atoms with Crippen molar-refractivity contribution in [3.63, 3.8) is 0 Å². The number of non-ortho nitro benzene ring substituents is 1. The zero-order valence-electron chi connectivity index (χ0n) is 11.2. The van der Waals surface area contributed by atoms with Crippen molar-refractivity contribution in [2.24, 2.45) is 0 Å². The molecule has 0 aliphatic rings. The van der Waals surface area contributed by atoms with Gasteiger partial charge in [-0.05, 0) is 30.3 Å². The van der Waals surface area contributed by atoms with Crippen LogP contribution in [0.3, 0.4) is 0 Å². The number of hydrogen-bond acceptors (Lipinski definition) is 5. The van der Waals surface area contributed by atoms with Crippen molar-refractivity contribution < 1.29 is 14.8 Å². The average Bonchev–Trinajstić information content (AvgIpc) is 2.48. The lowest BCUT2D eigenvalue weighted by Gasteiger charge is -2.07. The second kappa shape index (κ2) is 7.15. The van der Waals surface area contributed by atoms with Gasteiger partial charge >= 0.3 is 0 Å². The third-order valence-corrected chi connectivity index (χ3v) is 3.97. The Bertz CT molecular complexity index is 706. The van der Waals surface area contributed by atoms with Gasteiger partial charge in [0.2, 0.25) is 5.91 Å². The van der Waals surface area contributed by atoms with E-state index in [1.54, 1.807) is 12.1 Å². The summed E-state index contributed by atoms with van der Waals surface area (Å²) in [7, 11) is 0. The predicted molar refractivity (Wildman–Crippen MR) is 85.6 cm³/mol. The molecule has 2 rings (SSSR count). The van der Waals surface area contributed by atoms with Crippen LogP contribution in [0, 0.1) is 10.1 Å². The van der Waals surface area contributed by atoms with Gasteiger partial charge in [0.25, 0.3) is 5.69 Å². The summed E-state index contributed by atoms with van der Waals surface area (Å²) in [4.78, 5) is 22.7. The third-order valence-electron chi connectivity index (χ3n) is 2.64. The summed E-state index contributed by atoms with van der Waals surface area (Å²) in [5, 5.41) is 22.5. The number of thioether (sulfide) groups is 1. The lowest BCUT2D eigenvalue weighted by atomic mass is 10.3.